The average molecular weight is 204 g/mol. The number of hydrogen-bond acceptors (Lipinski definition) is 5. The van der Waals surface area contributed by atoms with Crippen LogP contribution >= 0.6 is 0 Å². The van der Waals surface area contributed by atoms with Gasteiger partial charge in [0.2, 0.25) is 5.95 Å². The largest absolute Gasteiger partial charge is 0.357 e. The lowest BCUT2D eigenvalue weighted by Gasteiger charge is -2.03. The number of nitrogens with one attached hydrogen (secondary N) is 1. The van der Waals surface area contributed by atoms with Gasteiger partial charge in [0.1, 0.15) is 11.6 Å². The van der Waals surface area contributed by atoms with Crippen molar-refractivity contribution in [1.29, 1.82) is 0 Å². The van der Waals surface area contributed by atoms with E-state index in [1.54, 1.807) is 24.0 Å². The van der Waals surface area contributed by atoms with Crippen LogP contribution in [-0.2, 0) is 0 Å². The van der Waals surface area contributed by atoms with Crippen LogP contribution in [0.15, 0.2) is 12.3 Å². The van der Waals surface area contributed by atoms with E-state index in [1.807, 2.05) is 13.8 Å². The summed E-state index contributed by atoms with van der Waals surface area (Å²) >= 11 is 0. The maximum atomic E-state index is 4.27. The number of rotatable bonds is 2. The molecule has 0 aliphatic rings. The molecule has 0 aliphatic heterocycles. The van der Waals surface area contributed by atoms with Gasteiger partial charge in [-0.15, -0.1) is 5.10 Å². The summed E-state index contributed by atoms with van der Waals surface area (Å²) in [6.45, 7) is 3.74. The van der Waals surface area contributed by atoms with E-state index < -0.39 is 0 Å². The second kappa shape index (κ2) is 3.64. The highest BCUT2D eigenvalue weighted by atomic mass is 15.4. The van der Waals surface area contributed by atoms with Crippen molar-refractivity contribution < 1.29 is 0 Å². The van der Waals surface area contributed by atoms with Gasteiger partial charge in [0.15, 0.2) is 5.82 Å². The molecule has 15 heavy (non-hydrogen) atoms. The van der Waals surface area contributed by atoms with Crippen LogP contribution in [0.3, 0.4) is 0 Å². The zero-order valence-electron chi connectivity index (χ0n) is 8.89. The molecule has 0 amide bonds. The SMILES string of the molecule is CNc1nccc(-n2nc(C)nc2C)n1. The first-order chi connectivity index (χ1) is 7.20. The standard InChI is InChI=1S/C9H12N6/c1-6-12-7(2)15(14-6)8-4-5-11-9(10-3)13-8/h4-5H,1-3H3,(H,10,11,13). The molecule has 0 unspecified atom stereocenters. The Balaban J connectivity index is 2.49. The first-order valence-corrected chi connectivity index (χ1v) is 4.62. The summed E-state index contributed by atoms with van der Waals surface area (Å²) in [5.74, 6) is 2.83. The highest BCUT2D eigenvalue weighted by Crippen LogP contribution is 2.07. The Kier molecular flexibility index (Phi) is 2.32. The zero-order chi connectivity index (χ0) is 10.8. The minimum atomic E-state index is 0.569. The Bertz CT molecular complexity index is 475. The van der Waals surface area contributed by atoms with Crippen LogP contribution < -0.4 is 5.32 Å². The van der Waals surface area contributed by atoms with Crippen LogP contribution in [-0.4, -0.2) is 31.8 Å². The van der Waals surface area contributed by atoms with Crippen molar-refractivity contribution >= 4 is 5.95 Å². The third-order valence-corrected chi connectivity index (χ3v) is 1.96. The van der Waals surface area contributed by atoms with E-state index in [0.717, 1.165) is 11.6 Å². The van der Waals surface area contributed by atoms with Crippen molar-refractivity contribution in [2.75, 3.05) is 12.4 Å². The van der Waals surface area contributed by atoms with E-state index in [1.165, 1.54) is 0 Å². The van der Waals surface area contributed by atoms with Crippen molar-refractivity contribution in [3.8, 4) is 5.82 Å². The van der Waals surface area contributed by atoms with Gasteiger partial charge < -0.3 is 5.32 Å². The van der Waals surface area contributed by atoms with Crippen LogP contribution in [0, 0.1) is 13.8 Å². The molecule has 2 aromatic rings. The van der Waals surface area contributed by atoms with E-state index >= 15 is 0 Å². The van der Waals surface area contributed by atoms with Crippen molar-refractivity contribution in [1.82, 2.24) is 24.7 Å². The summed E-state index contributed by atoms with van der Waals surface area (Å²) in [6, 6.07) is 1.79. The van der Waals surface area contributed by atoms with Crippen LogP contribution in [0.4, 0.5) is 5.95 Å². The average Bonchev–Trinajstić information content (AvgIpc) is 2.58. The normalized spacial score (nSPS) is 10.3. The van der Waals surface area contributed by atoms with Gasteiger partial charge in [-0.3, -0.25) is 0 Å². The summed E-state index contributed by atoms with van der Waals surface area (Å²) in [7, 11) is 1.78. The molecule has 6 heteroatoms. The minimum absolute atomic E-state index is 0.569. The monoisotopic (exact) mass is 204 g/mol. The molecule has 0 bridgehead atoms. The zero-order valence-corrected chi connectivity index (χ0v) is 8.89. The molecule has 0 fully saturated rings. The van der Waals surface area contributed by atoms with Gasteiger partial charge in [-0.1, -0.05) is 0 Å². The number of nitrogens with zero attached hydrogens (tertiary/aromatic N) is 5. The van der Waals surface area contributed by atoms with Crippen LogP contribution in [0.1, 0.15) is 11.6 Å². The van der Waals surface area contributed by atoms with E-state index in [2.05, 4.69) is 25.4 Å². The van der Waals surface area contributed by atoms with Crippen molar-refractivity contribution in [3.05, 3.63) is 23.9 Å². The summed E-state index contributed by atoms with van der Waals surface area (Å²) in [5.41, 5.74) is 0. The lowest BCUT2D eigenvalue weighted by Crippen LogP contribution is -2.05. The molecule has 6 nitrogen and oxygen atoms in total. The molecule has 0 saturated carbocycles. The third kappa shape index (κ3) is 1.78. The Morgan fingerprint density at radius 2 is 2.07 bits per heavy atom. The van der Waals surface area contributed by atoms with E-state index in [4.69, 9.17) is 0 Å². The van der Waals surface area contributed by atoms with Gasteiger partial charge in [-0.05, 0) is 13.8 Å². The smallest absolute Gasteiger partial charge is 0.224 e. The molecule has 0 atom stereocenters. The molecule has 0 radical (unpaired) electrons. The lowest BCUT2D eigenvalue weighted by molar-refractivity contribution is 0.799. The molecule has 2 aromatic heterocycles. The Morgan fingerprint density at radius 1 is 1.27 bits per heavy atom. The molecule has 0 spiro atoms. The first kappa shape index (κ1) is 9.57. The van der Waals surface area contributed by atoms with Crippen molar-refractivity contribution in [2.45, 2.75) is 13.8 Å². The van der Waals surface area contributed by atoms with Crippen LogP contribution in [0.25, 0.3) is 5.82 Å². The fraction of sp³-hybridized carbons (Fsp3) is 0.333. The van der Waals surface area contributed by atoms with Crippen molar-refractivity contribution in [2.24, 2.45) is 0 Å². The second-order valence-electron chi connectivity index (χ2n) is 3.11. The highest BCUT2D eigenvalue weighted by Gasteiger charge is 2.06. The van der Waals surface area contributed by atoms with E-state index in [0.29, 0.717) is 11.8 Å². The number of aromatic nitrogens is 5. The topological polar surface area (TPSA) is 68.5 Å². The quantitative estimate of drug-likeness (QED) is 0.780. The van der Waals surface area contributed by atoms with Gasteiger partial charge >= 0.3 is 0 Å². The summed E-state index contributed by atoms with van der Waals surface area (Å²) in [6.07, 6.45) is 1.69. The molecule has 78 valence electrons. The Labute approximate surface area is 87.4 Å². The van der Waals surface area contributed by atoms with E-state index in [9.17, 15) is 0 Å². The fourth-order valence-electron chi connectivity index (χ4n) is 1.33. The minimum Gasteiger partial charge on any atom is -0.357 e. The molecular formula is C9H12N6. The molecule has 1 N–H and O–H groups in total. The van der Waals surface area contributed by atoms with Crippen LogP contribution in [0.2, 0.25) is 0 Å². The maximum Gasteiger partial charge on any atom is 0.224 e. The molecule has 0 saturated heterocycles. The molecule has 2 heterocycles. The van der Waals surface area contributed by atoms with Gasteiger partial charge in [0.05, 0.1) is 0 Å². The summed E-state index contributed by atoms with van der Waals surface area (Å²) in [5, 5.41) is 7.12. The molecule has 0 aromatic carbocycles. The maximum absolute atomic E-state index is 4.27. The third-order valence-electron chi connectivity index (χ3n) is 1.96. The number of anilines is 1. The van der Waals surface area contributed by atoms with Gasteiger partial charge in [0.25, 0.3) is 0 Å². The molecule has 0 aliphatic carbocycles. The van der Waals surface area contributed by atoms with Crippen molar-refractivity contribution in [3.63, 3.8) is 0 Å². The van der Waals surface area contributed by atoms with Gasteiger partial charge in [-0.2, -0.15) is 9.67 Å². The second-order valence-corrected chi connectivity index (χ2v) is 3.11. The summed E-state index contributed by atoms with van der Waals surface area (Å²) in [4.78, 5) is 12.5. The van der Waals surface area contributed by atoms with Crippen LogP contribution in [0.5, 0.6) is 0 Å². The van der Waals surface area contributed by atoms with E-state index in [-0.39, 0.29) is 0 Å². The lowest BCUT2D eigenvalue weighted by atomic mass is 10.5. The Hall–Kier alpha value is -1.98. The van der Waals surface area contributed by atoms with Gasteiger partial charge in [0, 0.05) is 19.3 Å². The summed E-state index contributed by atoms with van der Waals surface area (Å²) < 4.78 is 1.69. The predicted octanol–water partition coefficient (Wildman–Crippen LogP) is 0.716. The highest BCUT2D eigenvalue weighted by molar-refractivity contribution is 5.30. The Morgan fingerprint density at radius 3 is 2.67 bits per heavy atom. The molecule has 2 rings (SSSR count). The number of aryl methyl sites for hydroxylation is 2. The number of hydrogen-bond donors (Lipinski definition) is 1. The first-order valence-electron chi connectivity index (χ1n) is 4.62. The fourth-order valence-corrected chi connectivity index (χ4v) is 1.33. The molecular weight excluding hydrogens is 192 g/mol. The predicted molar refractivity (Wildman–Crippen MR) is 56.0 cm³/mol. The van der Waals surface area contributed by atoms with Gasteiger partial charge in [-0.25, -0.2) is 9.97 Å².